The molecule has 1 amide bonds. The number of rotatable bonds is 5. The highest BCUT2D eigenvalue weighted by Gasteiger charge is 2.44. The zero-order valence-electron chi connectivity index (χ0n) is 16.4. The van der Waals surface area contributed by atoms with E-state index in [0.29, 0.717) is 19.5 Å². The monoisotopic (exact) mass is 396 g/mol. The summed E-state index contributed by atoms with van der Waals surface area (Å²) in [4.78, 5) is 27.7. The molecule has 10 heteroatoms. The molecule has 0 bridgehead atoms. The molecule has 27 heavy (non-hydrogen) atoms. The second-order valence-corrected chi connectivity index (χ2v) is 13.0. The first kappa shape index (κ1) is 21.3. The summed E-state index contributed by atoms with van der Waals surface area (Å²) in [6, 6.07) is 0.802. The molecule has 0 aromatic carbocycles. The first-order chi connectivity index (χ1) is 12.5. The van der Waals surface area contributed by atoms with Gasteiger partial charge in [0, 0.05) is 12.7 Å². The lowest BCUT2D eigenvalue weighted by Gasteiger charge is -2.45. The van der Waals surface area contributed by atoms with E-state index in [1.54, 1.807) is 0 Å². The summed E-state index contributed by atoms with van der Waals surface area (Å²) < 4.78 is 6.52. The topological polar surface area (TPSA) is 118 Å². The summed E-state index contributed by atoms with van der Waals surface area (Å²) in [5.41, 5.74) is -0.323. The van der Waals surface area contributed by atoms with Gasteiger partial charge in [0.1, 0.15) is 11.9 Å². The average molecular weight is 397 g/mol. The van der Waals surface area contributed by atoms with Crippen LogP contribution in [0.2, 0.25) is 18.1 Å². The van der Waals surface area contributed by atoms with Crippen LogP contribution in [-0.4, -0.2) is 54.7 Å². The maximum atomic E-state index is 12.1. The van der Waals surface area contributed by atoms with E-state index >= 15 is 0 Å². The van der Waals surface area contributed by atoms with Gasteiger partial charge in [0.2, 0.25) is 0 Å². The van der Waals surface area contributed by atoms with Gasteiger partial charge in [-0.25, -0.2) is 4.79 Å². The largest absolute Gasteiger partial charge is 0.465 e. The predicted molar refractivity (Wildman–Crippen MR) is 105 cm³/mol. The molecule has 0 radical (unpaired) electrons. The van der Waals surface area contributed by atoms with Crippen LogP contribution in [0.4, 0.5) is 16.2 Å². The number of aromatic nitrogens is 1. The molecule has 0 saturated carbocycles. The maximum Gasteiger partial charge on any atom is 0.412 e. The molecular formula is C17H28N4O5Si. The van der Waals surface area contributed by atoms with E-state index in [1.807, 2.05) is 0 Å². The van der Waals surface area contributed by atoms with Gasteiger partial charge in [0.15, 0.2) is 8.32 Å². The fraction of sp³-hybridized carbons (Fsp3) is 0.647. The van der Waals surface area contributed by atoms with Gasteiger partial charge in [-0.3, -0.25) is 20.0 Å². The lowest BCUT2D eigenvalue weighted by atomic mass is 10.0. The Kier molecular flexibility index (Phi) is 6.23. The molecule has 2 heterocycles. The smallest absolute Gasteiger partial charge is 0.412 e. The molecule has 0 aliphatic carbocycles. The third-order valence-electron chi connectivity index (χ3n) is 5.41. The molecule has 150 valence electrons. The highest BCUT2D eigenvalue weighted by atomic mass is 28.4. The maximum absolute atomic E-state index is 12.1. The van der Waals surface area contributed by atoms with E-state index in [-0.39, 0.29) is 22.5 Å². The van der Waals surface area contributed by atoms with Gasteiger partial charge < -0.3 is 14.8 Å². The Labute approximate surface area is 160 Å². The molecule has 1 aliphatic heterocycles. The van der Waals surface area contributed by atoms with E-state index in [2.05, 4.69) is 44.2 Å². The van der Waals surface area contributed by atoms with Crippen molar-refractivity contribution in [2.24, 2.45) is 0 Å². The van der Waals surface area contributed by atoms with Crippen LogP contribution >= 0.6 is 0 Å². The van der Waals surface area contributed by atoms with E-state index in [4.69, 9.17) is 4.43 Å². The van der Waals surface area contributed by atoms with E-state index in [0.717, 1.165) is 11.1 Å². The van der Waals surface area contributed by atoms with Gasteiger partial charge >= 0.3 is 11.8 Å². The summed E-state index contributed by atoms with van der Waals surface area (Å²) in [7, 11) is -2.14. The fourth-order valence-corrected chi connectivity index (χ4v) is 4.30. The van der Waals surface area contributed by atoms with Crippen LogP contribution in [0, 0.1) is 10.1 Å². The van der Waals surface area contributed by atoms with Gasteiger partial charge in [-0.1, -0.05) is 20.8 Å². The number of amides is 1. The first-order valence-electron chi connectivity index (χ1n) is 8.95. The highest BCUT2D eigenvalue weighted by molar-refractivity contribution is 6.74. The summed E-state index contributed by atoms with van der Waals surface area (Å²) >= 11 is 0. The molecule has 1 aliphatic rings. The zero-order chi connectivity index (χ0) is 20.4. The third kappa shape index (κ3) is 4.63. The standard InChI is InChI=1S/C17H28N4O5Si/c1-17(2,3)27(4,5)26-15-7-9-19-11-14(15)20(16(22)23)12-6-8-18-10-13(12)21(24)25/h6,8,10,14-15,19H,7,9,11H2,1-5H3,(H,22,23)/t14-,15-/m0/s1. The van der Waals surface area contributed by atoms with Crippen LogP contribution in [-0.2, 0) is 4.43 Å². The molecular weight excluding hydrogens is 368 g/mol. The van der Waals surface area contributed by atoms with Gasteiger partial charge in [-0.2, -0.15) is 0 Å². The van der Waals surface area contributed by atoms with E-state index in [9.17, 15) is 20.0 Å². The summed E-state index contributed by atoms with van der Waals surface area (Å²) in [5.74, 6) is 0. The minimum absolute atomic E-state index is 0.0139. The van der Waals surface area contributed by atoms with Crippen LogP contribution in [0.5, 0.6) is 0 Å². The van der Waals surface area contributed by atoms with Crippen LogP contribution in [0.3, 0.4) is 0 Å². The molecule has 1 fully saturated rings. The number of nitro groups is 1. The van der Waals surface area contributed by atoms with Crippen molar-refractivity contribution in [3.8, 4) is 0 Å². The molecule has 9 nitrogen and oxygen atoms in total. The Balaban J connectivity index is 2.43. The number of hydrogen-bond donors (Lipinski definition) is 2. The quantitative estimate of drug-likeness (QED) is 0.445. The predicted octanol–water partition coefficient (Wildman–Crippen LogP) is 3.23. The Morgan fingerprint density at radius 2 is 2.15 bits per heavy atom. The van der Waals surface area contributed by atoms with Crippen LogP contribution in [0.15, 0.2) is 18.5 Å². The molecule has 1 saturated heterocycles. The SMILES string of the molecule is CC(C)(C)[Si](C)(C)O[C@H]1CCNC[C@@H]1N(C(=O)O)c1ccncc1[N+](=O)[O-]. The number of nitrogens with one attached hydrogen (secondary N) is 1. The van der Waals surface area contributed by atoms with Gasteiger partial charge in [-0.15, -0.1) is 0 Å². The van der Waals surface area contributed by atoms with Crippen molar-refractivity contribution in [1.29, 1.82) is 0 Å². The summed E-state index contributed by atoms with van der Waals surface area (Å²) in [6.45, 7) is 11.7. The summed E-state index contributed by atoms with van der Waals surface area (Å²) in [6.07, 6.45) is 1.49. The molecule has 0 unspecified atom stereocenters. The molecule has 1 aromatic rings. The molecule has 2 rings (SSSR count). The first-order valence-corrected chi connectivity index (χ1v) is 11.9. The zero-order valence-corrected chi connectivity index (χ0v) is 17.4. The van der Waals surface area contributed by atoms with Gasteiger partial charge in [0.25, 0.3) is 0 Å². The number of pyridine rings is 1. The third-order valence-corrected chi connectivity index (χ3v) is 9.92. The van der Waals surface area contributed by atoms with Crippen molar-refractivity contribution in [3.63, 3.8) is 0 Å². The van der Waals surface area contributed by atoms with Crippen molar-refractivity contribution >= 4 is 25.8 Å². The number of piperidine rings is 1. The van der Waals surface area contributed by atoms with Gasteiger partial charge in [0.05, 0.1) is 17.1 Å². The van der Waals surface area contributed by atoms with Crippen molar-refractivity contribution in [2.45, 2.75) is 57.5 Å². The normalized spacial score (nSPS) is 20.9. The second kappa shape index (κ2) is 7.91. The van der Waals surface area contributed by atoms with Crippen molar-refractivity contribution in [3.05, 3.63) is 28.6 Å². The number of carbonyl (C=O) groups is 1. The minimum atomic E-state index is -2.14. The number of nitrogens with zero attached hydrogens (tertiary/aromatic N) is 3. The van der Waals surface area contributed by atoms with Gasteiger partial charge in [-0.05, 0) is 37.2 Å². The lowest BCUT2D eigenvalue weighted by molar-refractivity contribution is -0.384. The molecule has 0 spiro atoms. The Bertz CT molecular complexity index is 707. The van der Waals surface area contributed by atoms with Crippen LogP contribution < -0.4 is 10.2 Å². The molecule has 2 atom stereocenters. The Morgan fingerprint density at radius 1 is 1.48 bits per heavy atom. The highest BCUT2D eigenvalue weighted by Crippen LogP contribution is 2.39. The Morgan fingerprint density at radius 3 is 2.70 bits per heavy atom. The van der Waals surface area contributed by atoms with Crippen molar-refractivity contribution in [2.75, 3.05) is 18.0 Å². The Hall–Kier alpha value is -2.04. The lowest BCUT2D eigenvalue weighted by Crippen LogP contribution is -2.60. The number of carboxylic acid groups (broad SMARTS) is 1. The van der Waals surface area contributed by atoms with Crippen LogP contribution in [0.1, 0.15) is 27.2 Å². The fourth-order valence-electron chi connectivity index (χ4n) is 2.92. The summed E-state index contributed by atoms with van der Waals surface area (Å²) in [5, 5.41) is 24.4. The molecule has 2 N–H and O–H groups in total. The van der Waals surface area contributed by atoms with Crippen molar-refractivity contribution < 1.29 is 19.3 Å². The van der Waals surface area contributed by atoms with E-state index in [1.165, 1.54) is 12.3 Å². The number of anilines is 1. The number of hydrogen-bond acceptors (Lipinski definition) is 6. The minimum Gasteiger partial charge on any atom is -0.465 e. The van der Waals surface area contributed by atoms with E-state index < -0.39 is 25.4 Å². The molecule has 1 aromatic heterocycles. The second-order valence-electron chi connectivity index (χ2n) is 8.25. The average Bonchev–Trinajstić information content (AvgIpc) is 2.55. The van der Waals surface area contributed by atoms with Crippen LogP contribution in [0.25, 0.3) is 0 Å². The van der Waals surface area contributed by atoms with Crippen molar-refractivity contribution in [1.82, 2.24) is 10.3 Å².